The molecule has 1 aliphatic carbocycles. The third-order valence-corrected chi connectivity index (χ3v) is 3.12. The molecule has 0 unspecified atom stereocenters. The average molecular weight is 271 g/mol. The minimum absolute atomic E-state index is 0.475. The molecule has 0 atom stereocenters. The summed E-state index contributed by atoms with van der Waals surface area (Å²) in [7, 11) is 0. The number of aryl methyl sites for hydroxylation is 1. The molecule has 20 heavy (non-hydrogen) atoms. The second-order valence-corrected chi connectivity index (χ2v) is 4.92. The molecule has 0 saturated heterocycles. The minimum atomic E-state index is 0.475. The quantitative estimate of drug-likeness (QED) is 0.557. The van der Waals surface area contributed by atoms with Crippen molar-refractivity contribution in [1.82, 2.24) is 19.9 Å². The molecule has 2 aromatic heterocycles. The summed E-state index contributed by atoms with van der Waals surface area (Å²) >= 11 is 0. The molecule has 7 nitrogen and oxygen atoms in total. The highest BCUT2D eigenvalue weighted by atomic mass is 15.3. The van der Waals surface area contributed by atoms with Crippen molar-refractivity contribution >= 4 is 11.6 Å². The SMILES string of the molecule is Cc1cnc(CNc2cc(NN)nc(C3CC3)n2)cn1. The van der Waals surface area contributed by atoms with E-state index in [1.807, 2.05) is 6.92 Å². The van der Waals surface area contributed by atoms with Crippen molar-refractivity contribution in [2.75, 3.05) is 10.7 Å². The molecular weight excluding hydrogens is 254 g/mol. The topological polar surface area (TPSA) is 102 Å². The van der Waals surface area contributed by atoms with E-state index in [1.165, 1.54) is 0 Å². The van der Waals surface area contributed by atoms with E-state index >= 15 is 0 Å². The van der Waals surface area contributed by atoms with Gasteiger partial charge in [0.2, 0.25) is 0 Å². The van der Waals surface area contributed by atoms with Crippen molar-refractivity contribution in [1.29, 1.82) is 0 Å². The summed E-state index contributed by atoms with van der Waals surface area (Å²) in [5, 5.41) is 3.23. The van der Waals surface area contributed by atoms with Crippen molar-refractivity contribution in [2.45, 2.75) is 32.2 Å². The Morgan fingerprint density at radius 1 is 1.20 bits per heavy atom. The van der Waals surface area contributed by atoms with Crippen LogP contribution in [0.2, 0.25) is 0 Å². The first-order valence-electron chi connectivity index (χ1n) is 6.61. The van der Waals surface area contributed by atoms with Gasteiger partial charge in [-0.2, -0.15) is 0 Å². The third kappa shape index (κ3) is 3.00. The van der Waals surface area contributed by atoms with Crippen LogP contribution in [0, 0.1) is 6.92 Å². The first kappa shape index (κ1) is 12.7. The van der Waals surface area contributed by atoms with Gasteiger partial charge < -0.3 is 10.7 Å². The van der Waals surface area contributed by atoms with Gasteiger partial charge >= 0.3 is 0 Å². The summed E-state index contributed by atoms with van der Waals surface area (Å²) in [6.07, 6.45) is 5.81. The molecule has 7 heteroatoms. The van der Waals surface area contributed by atoms with Crippen molar-refractivity contribution in [2.24, 2.45) is 5.84 Å². The highest BCUT2D eigenvalue weighted by molar-refractivity contribution is 5.47. The molecule has 0 aliphatic heterocycles. The van der Waals surface area contributed by atoms with E-state index in [0.29, 0.717) is 18.3 Å². The predicted molar refractivity (Wildman–Crippen MR) is 75.9 cm³/mol. The van der Waals surface area contributed by atoms with Crippen LogP contribution in [-0.2, 0) is 6.54 Å². The van der Waals surface area contributed by atoms with Gasteiger partial charge in [0.25, 0.3) is 0 Å². The normalized spacial score (nSPS) is 14.1. The molecule has 3 rings (SSSR count). The van der Waals surface area contributed by atoms with Crippen LogP contribution in [0.4, 0.5) is 11.6 Å². The Kier molecular flexibility index (Phi) is 3.42. The van der Waals surface area contributed by atoms with Crippen molar-refractivity contribution in [3.8, 4) is 0 Å². The Hall–Kier alpha value is -2.28. The van der Waals surface area contributed by atoms with E-state index < -0.39 is 0 Å². The lowest BCUT2D eigenvalue weighted by Crippen LogP contribution is -2.12. The average Bonchev–Trinajstić information content (AvgIpc) is 3.31. The number of hydrogen-bond donors (Lipinski definition) is 3. The van der Waals surface area contributed by atoms with Gasteiger partial charge in [-0.15, -0.1) is 0 Å². The maximum atomic E-state index is 5.44. The molecule has 0 aromatic carbocycles. The van der Waals surface area contributed by atoms with E-state index in [2.05, 4.69) is 30.7 Å². The Labute approximate surface area is 117 Å². The zero-order valence-electron chi connectivity index (χ0n) is 11.3. The Bertz CT molecular complexity index is 592. The summed E-state index contributed by atoms with van der Waals surface area (Å²) in [5.41, 5.74) is 4.35. The minimum Gasteiger partial charge on any atom is -0.364 e. The third-order valence-electron chi connectivity index (χ3n) is 3.12. The van der Waals surface area contributed by atoms with Crippen molar-refractivity contribution < 1.29 is 0 Å². The number of aromatic nitrogens is 4. The molecule has 0 amide bonds. The zero-order valence-corrected chi connectivity index (χ0v) is 11.3. The van der Waals surface area contributed by atoms with Gasteiger partial charge in [-0.3, -0.25) is 9.97 Å². The molecule has 0 radical (unpaired) electrons. The Morgan fingerprint density at radius 3 is 2.65 bits per heavy atom. The number of hydrazine groups is 1. The van der Waals surface area contributed by atoms with Crippen molar-refractivity contribution in [3.05, 3.63) is 35.7 Å². The van der Waals surface area contributed by atoms with Crippen LogP contribution < -0.4 is 16.6 Å². The van der Waals surface area contributed by atoms with Crippen LogP contribution in [0.15, 0.2) is 18.5 Å². The molecule has 0 bridgehead atoms. The lowest BCUT2D eigenvalue weighted by Gasteiger charge is -2.09. The molecule has 2 aromatic rings. The number of nitrogens with two attached hydrogens (primary N) is 1. The molecular formula is C13H17N7. The molecule has 0 spiro atoms. The molecule has 2 heterocycles. The van der Waals surface area contributed by atoms with E-state index in [1.54, 1.807) is 18.5 Å². The maximum absolute atomic E-state index is 5.44. The van der Waals surface area contributed by atoms with Gasteiger partial charge in [-0.25, -0.2) is 15.8 Å². The van der Waals surface area contributed by atoms with Crippen LogP contribution in [0.3, 0.4) is 0 Å². The first-order chi connectivity index (χ1) is 9.74. The maximum Gasteiger partial charge on any atom is 0.145 e. The van der Waals surface area contributed by atoms with Crippen LogP contribution in [0.5, 0.6) is 0 Å². The number of nitrogens with zero attached hydrogens (tertiary/aromatic N) is 4. The molecule has 1 aliphatic rings. The first-order valence-corrected chi connectivity index (χ1v) is 6.61. The van der Waals surface area contributed by atoms with E-state index in [-0.39, 0.29) is 0 Å². The van der Waals surface area contributed by atoms with Gasteiger partial charge in [0.05, 0.1) is 24.1 Å². The van der Waals surface area contributed by atoms with E-state index in [0.717, 1.165) is 35.9 Å². The van der Waals surface area contributed by atoms with Crippen LogP contribution >= 0.6 is 0 Å². The van der Waals surface area contributed by atoms with E-state index in [9.17, 15) is 0 Å². The fraction of sp³-hybridized carbons (Fsp3) is 0.385. The number of nitrogen functional groups attached to an aromatic ring is 1. The fourth-order valence-electron chi connectivity index (χ4n) is 1.85. The highest BCUT2D eigenvalue weighted by Crippen LogP contribution is 2.38. The summed E-state index contributed by atoms with van der Waals surface area (Å²) in [6, 6.07) is 1.79. The molecule has 1 fully saturated rings. The predicted octanol–water partition coefficient (Wildman–Crippen LogP) is 1.35. The molecule has 4 N–H and O–H groups in total. The number of anilines is 2. The van der Waals surface area contributed by atoms with Gasteiger partial charge in [-0.1, -0.05) is 0 Å². The van der Waals surface area contributed by atoms with Gasteiger partial charge in [0.15, 0.2) is 0 Å². The molecule has 104 valence electrons. The summed E-state index contributed by atoms with van der Waals surface area (Å²) < 4.78 is 0. The summed E-state index contributed by atoms with van der Waals surface area (Å²) in [5.74, 6) is 8.13. The Balaban J connectivity index is 1.72. The van der Waals surface area contributed by atoms with Crippen LogP contribution in [0.25, 0.3) is 0 Å². The monoisotopic (exact) mass is 271 g/mol. The lowest BCUT2D eigenvalue weighted by atomic mass is 10.3. The van der Waals surface area contributed by atoms with Crippen LogP contribution in [-0.4, -0.2) is 19.9 Å². The van der Waals surface area contributed by atoms with Gasteiger partial charge in [0.1, 0.15) is 17.5 Å². The van der Waals surface area contributed by atoms with Crippen LogP contribution in [0.1, 0.15) is 36.0 Å². The lowest BCUT2D eigenvalue weighted by molar-refractivity contribution is 0.911. The molecule has 1 saturated carbocycles. The van der Waals surface area contributed by atoms with Crippen molar-refractivity contribution in [3.63, 3.8) is 0 Å². The fourth-order valence-corrected chi connectivity index (χ4v) is 1.85. The summed E-state index contributed by atoms with van der Waals surface area (Å²) in [4.78, 5) is 17.4. The summed E-state index contributed by atoms with van der Waals surface area (Å²) in [6.45, 7) is 2.48. The Morgan fingerprint density at radius 2 is 2.00 bits per heavy atom. The zero-order chi connectivity index (χ0) is 13.9. The second kappa shape index (κ2) is 5.38. The smallest absolute Gasteiger partial charge is 0.145 e. The standard InChI is InChI=1S/C13H17N7/c1-8-5-16-10(6-15-8)7-17-11-4-12(20-14)19-13(18-11)9-2-3-9/h4-6,9H,2-3,7,14H2,1H3,(H2,17,18,19,20). The number of nitrogens with one attached hydrogen (secondary N) is 2. The van der Waals surface area contributed by atoms with Gasteiger partial charge in [0, 0.05) is 18.2 Å². The second-order valence-electron chi connectivity index (χ2n) is 4.92. The van der Waals surface area contributed by atoms with E-state index in [4.69, 9.17) is 5.84 Å². The largest absolute Gasteiger partial charge is 0.364 e. The van der Waals surface area contributed by atoms with Gasteiger partial charge in [-0.05, 0) is 19.8 Å². The highest BCUT2D eigenvalue weighted by Gasteiger charge is 2.27. The number of hydrogen-bond acceptors (Lipinski definition) is 7. The number of rotatable bonds is 5.